The van der Waals surface area contributed by atoms with Gasteiger partial charge in [0.25, 0.3) is 20.0 Å². The van der Waals surface area contributed by atoms with Gasteiger partial charge in [0.2, 0.25) is 0 Å². The molecule has 0 unspecified atom stereocenters. The second-order valence-corrected chi connectivity index (χ2v) is 15.1. The number of carbonyl (C=O) groups is 1. The fourth-order valence-electron chi connectivity index (χ4n) is 5.93. The molecule has 6 aromatic carbocycles. The number of rotatable bonds is 10. The third kappa shape index (κ3) is 5.78. The van der Waals surface area contributed by atoms with Crippen LogP contribution >= 0.6 is 0 Å². The SMILES string of the molecule is O=C1c2cc(S(=O)(=O)N(Cc3ccccc3)c3ccccc3)ccc2-c2ccc(S(=O)(=O)N(Cc3ccccc3)c3ccccc3)cc21. The van der Waals surface area contributed by atoms with E-state index >= 15 is 0 Å². The lowest BCUT2D eigenvalue weighted by molar-refractivity contribution is 0.104. The van der Waals surface area contributed by atoms with Crippen LogP contribution in [0.3, 0.4) is 0 Å². The van der Waals surface area contributed by atoms with Crippen molar-refractivity contribution in [3.63, 3.8) is 0 Å². The van der Waals surface area contributed by atoms with E-state index in [2.05, 4.69) is 0 Å². The van der Waals surface area contributed by atoms with Crippen molar-refractivity contribution >= 4 is 37.2 Å². The molecule has 0 fully saturated rings. The highest BCUT2D eigenvalue weighted by Crippen LogP contribution is 2.40. The fourth-order valence-corrected chi connectivity index (χ4v) is 8.89. The van der Waals surface area contributed by atoms with Crippen LogP contribution in [0.1, 0.15) is 27.0 Å². The average Bonchev–Trinajstić information content (AvgIpc) is 3.41. The number of fused-ring (bicyclic) bond motifs is 3. The first kappa shape index (κ1) is 31.1. The summed E-state index contributed by atoms with van der Waals surface area (Å²) in [5.74, 6) is -0.433. The van der Waals surface area contributed by atoms with Crippen molar-refractivity contribution in [2.75, 3.05) is 8.61 Å². The molecule has 0 atom stereocenters. The number of hydrogen-bond acceptors (Lipinski definition) is 5. The largest absolute Gasteiger partial charge is 0.289 e. The quantitative estimate of drug-likeness (QED) is 0.149. The van der Waals surface area contributed by atoms with E-state index in [-0.39, 0.29) is 34.0 Å². The Morgan fingerprint density at radius 2 is 0.729 bits per heavy atom. The molecule has 0 saturated carbocycles. The van der Waals surface area contributed by atoms with E-state index in [1.54, 1.807) is 60.7 Å². The standard InChI is InChI=1S/C39H30N2O5S2/c42-39-37-25-33(47(43,44)40(31-17-9-3-10-18-31)27-29-13-5-1-6-14-29)21-23-35(37)36-24-22-34(26-38(36)39)48(45,46)41(32-19-11-4-12-20-32)28-30-15-7-2-8-16-30/h1-26H,27-28H2. The molecule has 6 aromatic rings. The van der Waals surface area contributed by atoms with Gasteiger partial charge in [-0.15, -0.1) is 0 Å². The van der Waals surface area contributed by atoms with Crippen LogP contribution in [0, 0.1) is 0 Å². The number of hydrogen-bond donors (Lipinski definition) is 0. The Labute approximate surface area is 280 Å². The Morgan fingerprint density at radius 3 is 1.08 bits per heavy atom. The summed E-state index contributed by atoms with van der Waals surface area (Å²) in [6.45, 7) is 0.196. The molecule has 7 nitrogen and oxygen atoms in total. The molecular formula is C39H30N2O5S2. The number of anilines is 2. The van der Waals surface area contributed by atoms with Gasteiger partial charge < -0.3 is 0 Å². The normalized spacial score (nSPS) is 12.3. The van der Waals surface area contributed by atoms with Gasteiger partial charge in [-0.25, -0.2) is 16.8 Å². The van der Waals surface area contributed by atoms with Gasteiger partial charge in [0.05, 0.1) is 34.3 Å². The number of benzene rings is 6. The molecule has 0 amide bonds. The third-order valence-corrected chi connectivity index (χ3v) is 11.9. The Morgan fingerprint density at radius 1 is 0.396 bits per heavy atom. The lowest BCUT2D eigenvalue weighted by Crippen LogP contribution is -2.30. The summed E-state index contributed by atoms with van der Waals surface area (Å²) in [5.41, 5.74) is 4.11. The summed E-state index contributed by atoms with van der Waals surface area (Å²) in [6.07, 6.45) is 0. The van der Waals surface area contributed by atoms with Gasteiger partial charge in [0.15, 0.2) is 5.78 Å². The summed E-state index contributed by atoms with van der Waals surface area (Å²) < 4.78 is 59.4. The van der Waals surface area contributed by atoms with E-state index < -0.39 is 25.8 Å². The molecular weight excluding hydrogens is 641 g/mol. The van der Waals surface area contributed by atoms with Crippen LogP contribution in [0.2, 0.25) is 0 Å². The number of para-hydroxylation sites is 2. The minimum Gasteiger partial charge on any atom is -0.289 e. The van der Waals surface area contributed by atoms with E-state index in [1.807, 2.05) is 72.8 Å². The minimum absolute atomic E-state index is 0.0341. The number of sulfonamides is 2. The summed E-state index contributed by atoms with van der Waals surface area (Å²) in [5, 5.41) is 0. The first-order valence-corrected chi connectivity index (χ1v) is 18.2. The van der Waals surface area contributed by atoms with E-state index in [0.29, 0.717) is 22.5 Å². The first-order valence-electron chi connectivity index (χ1n) is 15.3. The van der Waals surface area contributed by atoms with Gasteiger partial charge in [0.1, 0.15) is 0 Å². The molecule has 0 radical (unpaired) electrons. The molecule has 0 bridgehead atoms. The summed E-state index contributed by atoms with van der Waals surface area (Å²) in [7, 11) is -8.22. The van der Waals surface area contributed by atoms with Gasteiger partial charge in [-0.05, 0) is 70.8 Å². The Balaban J connectivity index is 1.24. The smallest absolute Gasteiger partial charge is 0.264 e. The van der Waals surface area contributed by atoms with Gasteiger partial charge in [-0.2, -0.15) is 0 Å². The Bertz CT molecular complexity index is 2170. The fraction of sp³-hybridized carbons (Fsp3) is 0.0513. The zero-order valence-corrected chi connectivity index (χ0v) is 27.3. The highest BCUT2D eigenvalue weighted by Gasteiger charge is 2.34. The van der Waals surface area contributed by atoms with Crippen LogP contribution in [-0.2, 0) is 33.1 Å². The van der Waals surface area contributed by atoms with Crippen LogP contribution in [0.15, 0.2) is 168 Å². The highest BCUT2D eigenvalue weighted by molar-refractivity contribution is 7.93. The van der Waals surface area contributed by atoms with Crippen molar-refractivity contribution in [2.24, 2.45) is 0 Å². The molecule has 48 heavy (non-hydrogen) atoms. The van der Waals surface area contributed by atoms with Crippen molar-refractivity contribution in [1.29, 1.82) is 0 Å². The molecule has 7 rings (SSSR count). The lowest BCUT2D eigenvalue weighted by atomic mass is 10.1. The van der Waals surface area contributed by atoms with Crippen LogP contribution in [0.5, 0.6) is 0 Å². The number of ketones is 1. The minimum atomic E-state index is -4.11. The molecule has 0 aromatic heterocycles. The molecule has 0 saturated heterocycles. The number of carbonyl (C=O) groups excluding carboxylic acids is 1. The first-order chi connectivity index (χ1) is 23.2. The van der Waals surface area contributed by atoms with Crippen molar-refractivity contribution in [3.8, 4) is 11.1 Å². The predicted molar refractivity (Wildman–Crippen MR) is 188 cm³/mol. The lowest BCUT2D eigenvalue weighted by Gasteiger charge is -2.25. The highest BCUT2D eigenvalue weighted by atomic mass is 32.2. The molecule has 0 N–H and O–H groups in total. The van der Waals surface area contributed by atoms with Crippen molar-refractivity contribution in [3.05, 3.63) is 180 Å². The van der Waals surface area contributed by atoms with Gasteiger partial charge in [-0.1, -0.05) is 109 Å². The Hall–Kier alpha value is -5.51. The topological polar surface area (TPSA) is 91.8 Å². The molecule has 0 spiro atoms. The van der Waals surface area contributed by atoms with E-state index in [9.17, 15) is 21.6 Å². The maximum Gasteiger partial charge on any atom is 0.264 e. The van der Waals surface area contributed by atoms with Crippen molar-refractivity contribution in [1.82, 2.24) is 0 Å². The van der Waals surface area contributed by atoms with Crippen LogP contribution in [0.4, 0.5) is 11.4 Å². The van der Waals surface area contributed by atoms with Gasteiger partial charge >= 0.3 is 0 Å². The maximum absolute atomic E-state index is 14.2. The molecule has 0 aliphatic heterocycles. The molecule has 0 heterocycles. The second kappa shape index (κ2) is 12.6. The van der Waals surface area contributed by atoms with Crippen LogP contribution in [-0.4, -0.2) is 22.6 Å². The third-order valence-electron chi connectivity index (χ3n) is 8.36. The summed E-state index contributed by atoms with van der Waals surface area (Å²) >= 11 is 0. The van der Waals surface area contributed by atoms with Crippen LogP contribution < -0.4 is 8.61 Å². The zero-order chi connectivity index (χ0) is 33.3. The monoisotopic (exact) mass is 670 g/mol. The number of nitrogens with zero attached hydrogens (tertiary/aromatic N) is 2. The van der Waals surface area contributed by atoms with E-state index in [1.165, 1.54) is 32.9 Å². The summed E-state index contributed by atoms with van der Waals surface area (Å²) in [6, 6.07) is 45.3. The molecule has 238 valence electrons. The summed E-state index contributed by atoms with van der Waals surface area (Å²) in [4.78, 5) is 13.8. The van der Waals surface area contributed by atoms with E-state index in [4.69, 9.17) is 0 Å². The van der Waals surface area contributed by atoms with Crippen LogP contribution in [0.25, 0.3) is 11.1 Å². The molecule has 9 heteroatoms. The second-order valence-electron chi connectivity index (χ2n) is 11.4. The van der Waals surface area contributed by atoms with E-state index in [0.717, 1.165) is 11.1 Å². The molecule has 1 aliphatic carbocycles. The molecule has 1 aliphatic rings. The van der Waals surface area contributed by atoms with Gasteiger partial charge in [0, 0.05) is 11.1 Å². The van der Waals surface area contributed by atoms with Gasteiger partial charge in [-0.3, -0.25) is 13.4 Å². The Kier molecular flexibility index (Phi) is 8.16. The predicted octanol–water partition coefficient (Wildman–Crippen LogP) is 7.69. The van der Waals surface area contributed by atoms with Crippen molar-refractivity contribution in [2.45, 2.75) is 22.9 Å². The van der Waals surface area contributed by atoms with Crippen molar-refractivity contribution < 1.29 is 21.6 Å². The zero-order valence-electron chi connectivity index (χ0n) is 25.7. The average molecular weight is 671 g/mol. The maximum atomic E-state index is 14.2.